The summed E-state index contributed by atoms with van der Waals surface area (Å²) in [5.41, 5.74) is 0.659. The van der Waals surface area contributed by atoms with Gasteiger partial charge in [0, 0.05) is 9.50 Å². The predicted molar refractivity (Wildman–Crippen MR) is 63.1 cm³/mol. The summed E-state index contributed by atoms with van der Waals surface area (Å²) in [6.07, 6.45) is 0. The third-order valence-corrected chi connectivity index (χ3v) is 2.64. The van der Waals surface area contributed by atoms with Crippen LogP contribution in [0.15, 0.2) is 22.7 Å². The number of rotatable bonds is 2. The van der Waals surface area contributed by atoms with Gasteiger partial charge in [0.25, 0.3) is 0 Å². The molecule has 0 aliphatic rings. The number of hydrogen-bond donors (Lipinski definition) is 1. The zero-order valence-electron chi connectivity index (χ0n) is 7.35. The Hall–Kier alpha value is -0.250. The molecule has 1 aromatic rings. The average molecular weight is 297 g/mol. The number of hydrogen-bond acceptors (Lipinski definition) is 1. The predicted octanol–water partition coefficient (Wildman–Crippen LogP) is 3.67. The Morgan fingerprint density at radius 3 is 2.71 bits per heavy atom. The van der Waals surface area contributed by atoms with Gasteiger partial charge in [0.2, 0.25) is 5.91 Å². The second kappa shape index (κ2) is 5.01. The number of carbonyl (C=O) groups is 1. The second-order valence-corrected chi connectivity index (χ2v) is 4.67. The third kappa shape index (κ3) is 3.15. The summed E-state index contributed by atoms with van der Waals surface area (Å²) >= 11 is 14.6. The van der Waals surface area contributed by atoms with Crippen molar-refractivity contribution in [2.75, 3.05) is 5.32 Å². The molecule has 0 aromatic heterocycles. The van der Waals surface area contributed by atoms with Gasteiger partial charge in [-0.05, 0) is 41.1 Å². The van der Waals surface area contributed by atoms with Gasteiger partial charge < -0.3 is 5.32 Å². The van der Waals surface area contributed by atoms with Gasteiger partial charge in [-0.25, -0.2) is 0 Å². The molecule has 0 bridgehead atoms. The zero-order valence-corrected chi connectivity index (χ0v) is 10.4. The van der Waals surface area contributed by atoms with Gasteiger partial charge >= 0.3 is 0 Å². The van der Waals surface area contributed by atoms with E-state index >= 15 is 0 Å². The van der Waals surface area contributed by atoms with Crippen molar-refractivity contribution in [3.05, 3.63) is 27.7 Å². The molecule has 0 fully saturated rings. The van der Waals surface area contributed by atoms with E-state index in [0.717, 1.165) is 4.47 Å². The van der Waals surface area contributed by atoms with Crippen LogP contribution in [0.4, 0.5) is 5.69 Å². The first-order valence-electron chi connectivity index (χ1n) is 3.90. The Morgan fingerprint density at radius 1 is 1.57 bits per heavy atom. The van der Waals surface area contributed by atoms with Gasteiger partial charge in [-0.3, -0.25) is 4.79 Å². The number of alkyl halides is 1. The highest BCUT2D eigenvalue weighted by Gasteiger charge is 2.10. The minimum atomic E-state index is -0.558. The fraction of sp³-hybridized carbons (Fsp3) is 0.222. The average Bonchev–Trinajstić information content (AvgIpc) is 2.09. The molecule has 1 N–H and O–H groups in total. The van der Waals surface area contributed by atoms with E-state index in [2.05, 4.69) is 21.2 Å². The molecule has 0 aliphatic carbocycles. The van der Waals surface area contributed by atoms with Crippen LogP contribution in [0.2, 0.25) is 5.02 Å². The van der Waals surface area contributed by atoms with Crippen molar-refractivity contribution in [3.63, 3.8) is 0 Å². The van der Waals surface area contributed by atoms with Crippen molar-refractivity contribution in [1.82, 2.24) is 0 Å². The second-order valence-electron chi connectivity index (χ2n) is 2.73. The highest BCUT2D eigenvalue weighted by atomic mass is 79.9. The van der Waals surface area contributed by atoms with Crippen LogP contribution in [0.5, 0.6) is 0 Å². The van der Waals surface area contributed by atoms with Crippen molar-refractivity contribution < 1.29 is 4.79 Å². The summed E-state index contributed by atoms with van der Waals surface area (Å²) in [5, 5.41) is 2.71. The summed E-state index contributed by atoms with van der Waals surface area (Å²) in [7, 11) is 0. The Morgan fingerprint density at radius 2 is 2.21 bits per heavy atom. The molecule has 1 amide bonds. The van der Waals surface area contributed by atoms with Crippen LogP contribution in [0.3, 0.4) is 0 Å². The van der Waals surface area contributed by atoms with E-state index < -0.39 is 5.38 Å². The first-order valence-corrected chi connectivity index (χ1v) is 5.51. The number of amides is 1. The highest BCUT2D eigenvalue weighted by Crippen LogP contribution is 2.26. The lowest BCUT2D eigenvalue weighted by atomic mass is 10.3. The fourth-order valence-corrected chi connectivity index (χ4v) is 1.66. The molecule has 0 aliphatic heterocycles. The van der Waals surface area contributed by atoms with Crippen LogP contribution < -0.4 is 5.32 Å². The standard InChI is InChI=1S/C9H8BrCl2NO/c1-5(11)9(14)13-8-3-2-6(12)4-7(8)10/h2-5H,1H3,(H,13,14). The van der Waals surface area contributed by atoms with E-state index in [4.69, 9.17) is 23.2 Å². The van der Waals surface area contributed by atoms with Gasteiger partial charge in [-0.15, -0.1) is 11.6 Å². The molecule has 14 heavy (non-hydrogen) atoms. The van der Waals surface area contributed by atoms with E-state index in [1.54, 1.807) is 25.1 Å². The third-order valence-electron chi connectivity index (χ3n) is 1.55. The number of halogens is 3. The van der Waals surface area contributed by atoms with Crippen molar-refractivity contribution >= 4 is 50.7 Å². The quantitative estimate of drug-likeness (QED) is 0.829. The van der Waals surface area contributed by atoms with Crippen LogP contribution in [0.1, 0.15) is 6.92 Å². The van der Waals surface area contributed by atoms with Gasteiger partial charge in [-0.1, -0.05) is 11.6 Å². The number of benzene rings is 1. The lowest BCUT2D eigenvalue weighted by Crippen LogP contribution is -2.20. The maximum atomic E-state index is 11.3. The van der Waals surface area contributed by atoms with Crippen LogP contribution in [0.25, 0.3) is 0 Å². The van der Waals surface area contributed by atoms with Crippen molar-refractivity contribution in [3.8, 4) is 0 Å². The van der Waals surface area contributed by atoms with Crippen LogP contribution in [-0.2, 0) is 4.79 Å². The molecular weight excluding hydrogens is 289 g/mol. The minimum Gasteiger partial charge on any atom is -0.324 e. The van der Waals surface area contributed by atoms with Gasteiger partial charge in [0.15, 0.2) is 0 Å². The monoisotopic (exact) mass is 295 g/mol. The van der Waals surface area contributed by atoms with E-state index in [0.29, 0.717) is 10.7 Å². The van der Waals surface area contributed by atoms with Crippen molar-refractivity contribution in [2.45, 2.75) is 12.3 Å². The summed E-state index contributed by atoms with van der Waals surface area (Å²) in [6.45, 7) is 1.61. The van der Waals surface area contributed by atoms with E-state index in [9.17, 15) is 4.79 Å². The Labute approximate surface area is 101 Å². The Kier molecular flexibility index (Phi) is 4.23. The topological polar surface area (TPSA) is 29.1 Å². The SMILES string of the molecule is CC(Cl)C(=O)Nc1ccc(Cl)cc1Br. The fourth-order valence-electron chi connectivity index (χ4n) is 0.823. The molecule has 0 saturated heterocycles. The number of anilines is 1. The molecule has 76 valence electrons. The molecule has 1 atom stereocenters. The normalized spacial score (nSPS) is 12.3. The Balaban J connectivity index is 2.82. The molecule has 1 unspecified atom stereocenters. The maximum absolute atomic E-state index is 11.3. The van der Waals surface area contributed by atoms with Crippen molar-refractivity contribution in [1.29, 1.82) is 0 Å². The summed E-state index contributed by atoms with van der Waals surface area (Å²) in [4.78, 5) is 11.3. The minimum absolute atomic E-state index is 0.241. The van der Waals surface area contributed by atoms with Gasteiger partial charge in [-0.2, -0.15) is 0 Å². The summed E-state index contributed by atoms with van der Waals surface area (Å²) < 4.78 is 0.732. The molecule has 0 saturated carbocycles. The zero-order chi connectivity index (χ0) is 10.7. The van der Waals surface area contributed by atoms with E-state index in [1.807, 2.05) is 0 Å². The molecule has 1 aromatic carbocycles. The Bertz CT molecular complexity index is 355. The molecule has 2 nitrogen and oxygen atoms in total. The van der Waals surface area contributed by atoms with Crippen LogP contribution in [-0.4, -0.2) is 11.3 Å². The smallest absolute Gasteiger partial charge is 0.242 e. The van der Waals surface area contributed by atoms with Crippen molar-refractivity contribution in [2.24, 2.45) is 0 Å². The molecule has 5 heteroatoms. The first-order chi connectivity index (χ1) is 6.50. The molecule has 0 heterocycles. The summed E-state index contributed by atoms with van der Waals surface area (Å²) in [5.74, 6) is -0.241. The lowest BCUT2D eigenvalue weighted by Gasteiger charge is -2.08. The van der Waals surface area contributed by atoms with Gasteiger partial charge in [0.1, 0.15) is 5.38 Å². The largest absolute Gasteiger partial charge is 0.324 e. The van der Waals surface area contributed by atoms with E-state index in [-0.39, 0.29) is 5.91 Å². The van der Waals surface area contributed by atoms with Crippen LogP contribution in [0, 0.1) is 0 Å². The van der Waals surface area contributed by atoms with Crippen LogP contribution >= 0.6 is 39.1 Å². The highest BCUT2D eigenvalue weighted by molar-refractivity contribution is 9.10. The number of nitrogens with one attached hydrogen (secondary N) is 1. The first kappa shape index (κ1) is 11.8. The molecule has 1 rings (SSSR count). The lowest BCUT2D eigenvalue weighted by molar-refractivity contribution is -0.115. The number of carbonyl (C=O) groups excluding carboxylic acids is 1. The van der Waals surface area contributed by atoms with Gasteiger partial charge in [0.05, 0.1) is 5.69 Å². The molecular formula is C9H8BrCl2NO. The molecule has 0 radical (unpaired) electrons. The summed E-state index contributed by atoms with van der Waals surface area (Å²) in [6, 6.07) is 5.11. The maximum Gasteiger partial charge on any atom is 0.242 e. The van der Waals surface area contributed by atoms with E-state index in [1.165, 1.54) is 0 Å². The molecule has 0 spiro atoms.